The Kier molecular flexibility index (Phi) is 4.01. The van der Waals surface area contributed by atoms with Gasteiger partial charge in [-0.25, -0.2) is 4.98 Å². The van der Waals surface area contributed by atoms with Gasteiger partial charge in [-0.15, -0.1) is 0 Å². The van der Waals surface area contributed by atoms with Crippen molar-refractivity contribution in [2.75, 3.05) is 11.9 Å². The van der Waals surface area contributed by atoms with E-state index in [1.807, 2.05) is 24.3 Å². The molecule has 2 aromatic carbocycles. The van der Waals surface area contributed by atoms with Gasteiger partial charge in [0.15, 0.2) is 0 Å². The van der Waals surface area contributed by atoms with Gasteiger partial charge < -0.3 is 15.4 Å². The molecule has 1 unspecified atom stereocenters. The first-order chi connectivity index (χ1) is 10.1. The lowest BCUT2D eigenvalue weighted by molar-refractivity contribution is 0.191. The summed E-state index contributed by atoms with van der Waals surface area (Å²) in [5.41, 5.74) is 2.32. The van der Waals surface area contributed by atoms with Gasteiger partial charge in [-0.3, -0.25) is 0 Å². The fraction of sp³-hybridized carbons (Fsp3) is 0.133. The van der Waals surface area contributed by atoms with Crippen LogP contribution in [0.4, 0.5) is 5.95 Å². The van der Waals surface area contributed by atoms with Gasteiger partial charge in [-0.1, -0.05) is 41.4 Å². The Hall–Kier alpha value is -1.75. The van der Waals surface area contributed by atoms with Gasteiger partial charge in [-0.05, 0) is 24.3 Å². The van der Waals surface area contributed by atoms with Gasteiger partial charge in [0, 0.05) is 22.2 Å². The van der Waals surface area contributed by atoms with E-state index in [0.717, 1.165) is 11.0 Å². The quantitative estimate of drug-likeness (QED) is 0.680. The summed E-state index contributed by atoms with van der Waals surface area (Å²) in [6.45, 7) is 0.253. The number of aromatic amines is 1. The second-order valence-electron chi connectivity index (χ2n) is 4.63. The van der Waals surface area contributed by atoms with E-state index in [2.05, 4.69) is 15.3 Å². The summed E-state index contributed by atoms with van der Waals surface area (Å²) in [5, 5.41) is 14.2. The van der Waals surface area contributed by atoms with E-state index >= 15 is 0 Å². The molecule has 0 saturated carbocycles. The number of anilines is 1. The van der Waals surface area contributed by atoms with Gasteiger partial charge in [0.05, 0.1) is 17.1 Å². The summed E-state index contributed by atoms with van der Waals surface area (Å²) in [6, 6.07) is 12.9. The van der Waals surface area contributed by atoms with Gasteiger partial charge in [0.2, 0.25) is 5.95 Å². The average Bonchev–Trinajstić information content (AvgIpc) is 2.87. The van der Waals surface area contributed by atoms with E-state index in [4.69, 9.17) is 23.2 Å². The second kappa shape index (κ2) is 5.93. The monoisotopic (exact) mass is 321 g/mol. The summed E-state index contributed by atoms with van der Waals surface area (Å²) >= 11 is 12.1. The topological polar surface area (TPSA) is 60.9 Å². The third kappa shape index (κ3) is 2.97. The summed E-state index contributed by atoms with van der Waals surface area (Å²) in [5.74, 6) is 0.596. The summed E-state index contributed by atoms with van der Waals surface area (Å²) in [4.78, 5) is 7.51. The maximum absolute atomic E-state index is 10.2. The van der Waals surface area contributed by atoms with E-state index in [1.54, 1.807) is 18.2 Å². The number of para-hydroxylation sites is 2. The van der Waals surface area contributed by atoms with Gasteiger partial charge in [0.1, 0.15) is 0 Å². The first-order valence-electron chi connectivity index (χ1n) is 6.46. The van der Waals surface area contributed by atoms with Crippen LogP contribution < -0.4 is 5.32 Å². The van der Waals surface area contributed by atoms with E-state index in [1.165, 1.54) is 0 Å². The Morgan fingerprint density at radius 1 is 1.10 bits per heavy atom. The smallest absolute Gasteiger partial charge is 0.201 e. The molecular formula is C15H13Cl2N3O. The number of aliphatic hydroxyl groups excluding tert-OH is 1. The predicted octanol–water partition coefficient (Wildman–Crippen LogP) is 4.02. The van der Waals surface area contributed by atoms with Crippen LogP contribution in [0.25, 0.3) is 11.0 Å². The first kappa shape index (κ1) is 14.2. The molecule has 4 nitrogen and oxygen atoms in total. The van der Waals surface area contributed by atoms with E-state index in [0.29, 0.717) is 21.6 Å². The van der Waals surface area contributed by atoms with Crippen molar-refractivity contribution in [1.82, 2.24) is 9.97 Å². The molecule has 0 radical (unpaired) electrons. The van der Waals surface area contributed by atoms with Crippen molar-refractivity contribution in [3.8, 4) is 0 Å². The lowest BCUT2D eigenvalue weighted by Gasteiger charge is -2.14. The lowest BCUT2D eigenvalue weighted by atomic mass is 10.1. The van der Waals surface area contributed by atoms with Crippen molar-refractivity contribution in [3.63, 3.8) is 0 Å². The number of halogens is 2. The summed E-state index contributed by atoms with van der Waals surface area (Å²) in [7, 11) is 0. The number of imidazole rings is 1. The van der Waals surface area contributed by atoms with E-state index in [-0.39, 0.29) is 6.54 Å². The van der Waals surface area contributed by atoms with Crippen LogP contribution in [-0.4, -0.2) is 21.6 Å². The molecule has 0 aliphatic carbocycles. The Labute approximate surface area is 131 Å². The first-order valence-corrected chi connectivity index (χ1v) is 7.21. The predicted molar refractivity (Wildman–Crippen MR) is 86.0 cm³/mol. The van der Waals surface area contributed by atoms with Crippen molar-refractivity contribution < 1.29 is 5.11 Å². The van der Waals surface area contributed by atoms with Crippen LogP contribution in [0, 0.1) is 0 Å². The van der Waals surface area contributed by atoms with Crippen LogP contribution in [-0.2, 0) is 0 Å². The molecule has 3 aromatic rings. The maximum Gasteiger partial charge on any atom is 0.201 e. The SMILES string of the molecule is OC(CNc1nc2ccccc2[nH]1)c1c(Cl)cccc1Cl. The Morgan fingerprint density at radius 3 is 2.52 bits per heavy atom. The number of nitrogens with zero attached hydrogens (tertiary/aromatic N) is 1. The highest BCUT2D eigenvalue weighted by Gasteiger charge is 2.15. The van der Waals surface area contributed by atoms with Gasteiger partial charge in [0.25, 0.3) is 0 Å². The zero-order valence-electron chi connectivity index (χ0n) is 11.0. The number of hydrogen-bond acceptors (Lipinski definition) is 3. The van der Waals surface area contributed by atoms with Crippen LogP contribution in [0.2, 0.25) is 10.0 Å². The minimum Gasteiger partial charge on any atom is -0.386 e. The molecule has 0 aliphatic rings. The standard InChI is InChI=1S/C15H13Cl2N3O/c16-9-4-3-5-10(17)14(9)13(21)8-18-15-19-11-6-1-2-7-12(11)20-15/h1-7,13,21H,8H2,(H2,18,19,20). The largest absolute Gasteiger partial charge is 0.386 e. The van der Waals surface area contributed by atoms with Crippen LogP contribution >= 0.6 is 23.2 Å². The van der Waals surface area contributed by atoms with Crippen molar-refractivity contribution >= 4 is 40.2 Å². The fourth-order valence-corrected chi connectivity index (χ4v) is 2.81. The van der Waals surface area contributed by atoms with Crippen molar-refractivity contribution in [2.24, 2.45) is 0 Å². The molecule has 0 fully saturated rings. The number of aliphatic hydroxyl groups is 1. The zero-order valence-corrected chi connectivity index (χ0v) is 12.5. The third-order valence-electron chi connectivity index (χ3n) is 3.19. The number of aromatic nitrogens is 2. The third-order valence-corrected chi connectivity index (χ3v) is 3.84. The highest BCUT2D eigenvalue weighted by atomic mass is 35.5. The molecule has 0 saturated heterocycles. The Balaban J connectivity index is 1.75. The van der Waals surface area contributed by atoms with Crippen molar-refractivity contribution in [1.29, 1.82) is 0 Å². The van der Waals surface area contributed by atoms with Crippen LogP contribution in [0.5, 0.6) is 0 Å². The van der Waals surface area contributed by atoms with Crippen molar-refractivity contribution in [2.45, 2.75) is 6.10 Å². The van der Waals surface area contributed by atoms with Crippen LogP contribution in [0.3, 0.4) is 0 Å². The molecule has 108 valence electrons. The number of hydrogen-bond donors (Lipinski definition) is 3. The number of H-pyrrole nitrogens is 1. The Bertz CT molecular complexity index is 719. The minimum absolute atomic E-state index is 0.253. The summed E-state index contributed by atoms with van der Waals surface area (Å²) < 4.78 is 0. The molecule has 21 heavy (non-hydrogen) atoms. The second-order valence-corrected chi connectivity index (χ2v) is 5.45. The highest BCUT2D eigenvalue weighted by molar-refractivity contribution is 6.36. The van der Waals surface area contributed by atoms with Crippen LogP contribution in [0.15, 0.2) is 42.5 Å². The van der Waals surface area contributed by atoms with E-state index < -0.39 is 6.10 Å². The number of fused-ring (bicyclic) bond motifs is 1. The molecule has 0 aliphatic heterocycles. The molecule has 1 aromatic heterocycles. The summed E-state index contributed by atoms with van der Waals surface area (Å²) in [6.07, 6.45) is -0.820. The number of benzene rings is 2. The highest BCUT2D eigenvalue weighted by Crippen LogP contribution is 2.30. The molecule has 0 amide bonds. The normalized spacial score (nSPS) is 12.5. The molecule has 6 heteroatoms. The zero-order chi connectivity index (χ0) is 14.8. The molecule has 1 atom stereocenters. The molecular weight excluding hydrogens is 309 g/mol. The van der Waals surface area contributed by atoms with E-state index in [9.17, 15) is 5.11 Å². The number of rotatable bonds is 4. The average molecular weight is 322 g/mol. The van der Waals surface area contributed by atoms with Gasteiger partial charge in [-0.2, -0.15) is 0 Å². The Morgan fingerprint density at radius 2 is 1.81 bits per heavy atom. The molecule has 0 spiro atoms. The molecule has 1 heterocycles. The number of nitrogens with one attached hydrogen (secondary N) is 2. The molecule has 3 rings (SSSR count). The molecule has 3 N–H and O–H groups in total. The maximum atomic E-state index is 10.2. The van der Waals surface area contributed by atoms with Gasteiger partial charge >= 0.3 is 0 Å². The van der Waals surface area contributed by atoms with Crippen molar-refractivity contribution in [3.05, 3.63) is 58.1 Å². The minimum atomic E-state index is -0.820. The molecule has 0 bridgehead atoms. The fourth-order valence-electron chi connectivity index (χ4n) is 2.16. The van der Waals surface area contributed by atoms with Crippen LogP contribution in [0.1, 0.15) is 11.7 Å². The lowest BCUT2D eigenvalue weighted by Crippen LogP contribution is -2.13.